The fourth-order valence-corrected chi connectivity index (χ4v) is 3.78. The van der Waals surface area contributed by atoms with Crippen LogP contribution in [0.25, 0.3) is 0 Å². The predicted octanol–water partition coefficient (Wildman–Crippen LogP) is 2.10. The Balaban J connectivity index is 0.00000208. The first-order valence-electron chi connectivity index (χ1n) is 8.81. The van der Waals surface area contributed by atoms with Crippen molar-refractivity contribution in [3.8, 4) is 0 Å². The zero-order valence-corrected chi connectivity index (χ0v) is 15.5. The van der Waals surface area contributed by atoms with Crippen LogP contribution in [0.1, 0.15) is 38.3 Å². The van der Waals surface area contributed by atoms with Gasteiger partial charge in [0.25, 0.3) is 0 Å². The standard InChI is InChI=1S/C18H28N4O.ClH/c1-14-12-16(5-7-20-14)18(23)22-10-8-21(9-11-22)15(2)17-4-3-6-19-13-17;/h3-4,6,13-16,20H,5,7-12H2,1-2H3;1H/t14-,15?,16-;/m0./s1. The second-order valence-corrected chi connectivity index (χ2v) is 6.90. The summed E-state index contributed by atoms with van der Waals surface area (Å²) in [5.74, 6) is 0.584. The number of carbonyl (C=O) groups excluding carboxylic acids is 1. The highest BCUT2D eigenvalue weighted by atomic mass is 35.5. The lowest BCUT2D eigenvalue weighted by Gasteiger charge is -2.40. The van der Waals surface area contributed by atoms with Gasteiger partial charge in [-0.3, -0.25) is 14.7 Å². The number of carbonyl (C=O) groups is 1. The molecule has 134 valence electrons. The van der Waals surface area contributed by atoms with Crippen molar-refractivity contribution in [1.29, 1.82) is 0 Å². The topological polar surface area (TPSA) is 48.5 Å². The molecule has 0 aliphatic carbocycles. The van der Waals surface area contributed by atoms with Crippen LogP contribution in [0.3, 0.4) is 0 Å². The van der Waals surface area contributed by atoms with Crippen molar-refractivity contribution < 1.29 is 4.79 Å². The Morgan fingerprint density at radius 3 is 2.71 bits per heavy atom. The van der Waals surface area contributed by atoms with E-state index < -0.39 is 0 Å². The number of aromatic nitrogens is 1. The van der Waals surface area contributed by atoms with Gasteiger partial charge in [-0.05, 0) is 44.9 Å². The van der Waals surface area contributed by atoms with Crippen LogP contribution >= 0.6 is 12.4 Å². The minimum absolute atomic E-state index is 0. The first kappa shape index (κ1) is 19.2. The maximum absolute atomic E-state index is 12.7. The van der Waals surface area contributed by atoms with E-state index in [1.54, 1.807) is 0 Å². The average Bonchev–Trinajstić information content (AvgIpc) is 2.61. The van der Waals surface area contributed by atoms with Gasteiger partial charge in [-0.15, -0.1) is 12.4 Å². The van der Waals surface area contributed by atoms with Crippen LogP contribution in [0.4, 0.5) is 0 Å². The molecule has 0 spiro atoms. The highest BCUT2D eigenvalue weighted by Crippen LogP contribution is 2.23. The fourth-order valence-electron chi connectivity index (χ4n) is 3.78. The minimum atomic E-state index is 0. The molecule has 2 saturated heterocycles. The average molecular weight is 353 g/mol. The van der Waals surface area contributed by atoms with Gasteiger partial charge in [-0.2, -0.15) is 0 Å². The van der Waals surface area contributed by atoms with E-state index in [2.05, 4.69) is 40.0 Å². The Morgan fingerprint density at radius 1 is 1.33 bits per heavy atom. The first-order valence-corrected chi connectivity index (χ1v) is 8.81. The van der Waals surface area contributed by atoms with Gasteiger partial charge < -0.3 is 10.2 Å². The van der Waals surface area contributed by atoms with Crippen LogP contribution in [0.15, 0.2) is 24.5 Å². The number of piperidine rings is 1. The van der Waals surface area contributed by atoms with Crippen molar-refractivity contribution in [3.63, 3.8) is 0 Å². The van der Waals surface area contributed by atoms with Crippen LogP contribution in [-0.2, 0) is 4.79 Å². The van der Waals surface area contributed by atoms with E-state index in [-0.39, 0.29) is 18.3 Å². The summed E-state index contributed by atoms with van der Waals surface area (Å²) in [7, 11) is 0. The molecule has 1 unspecified atom stereocenters. The summed E-state index contributed by atoms with van der Waals surface area (Å²) in [6.07, 6.45) is 5.71. The summed E-state index contributed by atoms with van der Waals surface area (Å²) in [5.41, 5.74) is 1.25. The predicted molar refractivity (Wildman–Crippen MR) is 98.2 cm³/mol. The summed E-state index contributed by atoms with van der Waals surface area (Å²) in [4.78, 5) is 21.5. The Morgan fingerprint density at radius 2 is 2.08 bits per heavy atom. The highest BCUT2D eigenvalue weighted by Gasteiger charge is 2.31. The molecule has 0 bridgehead atoms. The van der Waals surface area contributed by atoms with Gasteiger partial charge in [0, 0.05) is 56.6 Å². The molecular formula is C18H29ClN4O. The van der Waals surface area contributed by atoms with Gasteiger partial charge in [-0.25, -0.2) is 0 Å². The third kappa shape index (κ3) is 4.47. The van der Waals surface area contributed by atoms with Crippen molar-refractivity contribution in [2.24, 2.45) is 5.92 Å². The van der Waals surface area contributed by atoms with Crippen LogP contribution < -0.4 is 5.32 Å². The molecule has 3 heterocycles. The number of pyridine rings is 1. The van der Waals surface area contributed by atoms with E-state index in [9.17, 15) is 4.79 Å². The van der Waals surface area contributed by atoms with Crippen LogP contribution in [-0.4, -0.2) is 59.5 Å². The zero-order valence-electron chi connectivity index (χ0n) is 14.6. The van der Waals surface area contributed by atoms with E-state index in [0.717, 1.165) is 45.6 Å². The van der Waals surface area contributed by atoms with Crippen molar-refractivity contribution in [1.82, 2.24) is 20.1 Å². The molecule has 5 nitrogen and oxygen atoms in total. The molecule has 0 aromatic carbocycles. The number of hydrogen-bond acceptors (Lipinski definition) is 4. The lowest BCUT2D eigenvalue weighted by Crippen LogP contribution is -2.52. The Kier molecular flexibility index (Phi) is 7.02. The molecule has 1 aromatic rings. The van der Waals surface area contributed by atoms with Crippen molar-refractivity contribution >= 4 is 18.3 Å². The highest BCUT2D eigenvalue weighted by molar-refractivity contribution is 5.85. The Bertz CT molecular complexity index is 519. The first-order chi connectivity index (χ1) is 11.1. The van der Waals surface area contributed by atoms with Crippen molar-refractivity contribution in [2.45, 2.75) is 38.8 Å². The Hall–Kier alpha value is -1.17. The number of piperazine rings is 1. The van der Waals surface area contributed by atoms with Gasteiger partial charge in [0.1, 0.15) is 0 Å². The molecule has 24 heavy (non-hydrogen) atoms. The molecule has 0 radical (unpaired) electrons. The second kappa shape index (κ2) is 8.79. The largest absolute Gasteiger partial charge is 0.340 e. The van der Waals surface area contributed by atoms with Crippen LogP contribution in [0.5, 0.6) is 0 Å². The number of amides is 1. The van der Waals surface area contributed by atoms with E-state index in [0.29, 0.717) is 18.0 Å². The number of halogens is 1. The Labute approximate surface area is 151 Å². The molecule has 1 amide bonds. The lowest BCUT2D eigenvalue weighted by molar-refractivity contribution is -0.138. The third-order valence-electron chi connectivity index (χ3n) is 5.31. The van der Waals surface area contributed by atoms with E-state index in [1.165, 1.54) is 5.56 Å². The minimum Gasteiger partial charge on any atom is -0.340 e. The van der Waals surface area contributed by atoms with Gasteiger partial charge in [0.15, 0.2) is 0 Å². The zero-order chi connectivity index (χ0) is 16.2. The molecule has 0 saturated carbocycles. The van der Waals surface area contributed by atoms with E-state index in [1.807, 2.05) is 18.5 Å². The normalized spacial score (nSPS) is 26.5. The monoisotopic (exact) mass is 352 g/mol. The van der Waals surface area contributed by atoms with Gasteiger partial charge in [0.2, 0.25) is 5.91 Å². The fraction of sp³-hybridized carbons (Fsp3) is 0.667. The summed E-state index contributed by atoms with van der Waals surface area (Å²) in [5, 5.41) is 3.43. The molecule has 1 N–H and O–H groups in total. The number of hydrogen-bond donors (Lipinski definition) is 1. The molecule has 3 atom stereocenters. The maximum Gasteiger partial charge on any atom is 0.225 e. The van der Waals surface area contributed by atoms with Crippen LogP contribution in [0.2, 0.25) is 0 Å². The molecule has 2 aliphatic heterocycles. The molecule has 2 fully saturated rings. The molecular weight excluding hydrogens is 324 g/mol. The van der Waals surface area contributed by atoms with Gasteiger partial charge >= 0.3 is 0 Å². The molecule has 2 aliphatic rings. The lowest BCUT2D eigenvalue weighted by atomic mass is 9.91. The van der Waals surface area contributed by atoms with E-state index >= 15 is 0 Å². The molecule has 6 heteroatoms. The number of nitrogens with one attached hydrogen (secondary N) is 1. The van der Waals surface area contributed by atoms with Gasteiger partial charge in [0.05, 0.1) is 0 Å². The SMILES string of the molecule is CC(c1cccnc1)N1CCN(C(=O)[C@H]2CCN[C@@H](C)C2)CC1.Cl. The summed E-state index contributed by atoms with van der Waals surface area (Å²) in [6.45, 7) is 8.96. The molecule has 1 aromatic heterocycles. The van der Waals surface area contributed by atoms with E-state index in [4.69, 9.17) is 0 Å². The maximum atomic E-state index is 12.7. The summed E-state index contributed by atoms with van der Waals surface area (Å²) < 4.78 is 0. The third-order valence-corrected chi connectivity index (χ3v) is 5.31. The second-order valence-electron chi connectivity index (χ2n) is 6.90. The number of nitrogens with zero attached hydrogens (tertiary/aromatic N) is 3. The number of rotatable bonds is 3. The summed E-state index contributed by atoms with van der Waals surface area (Å²) in [6, 6.07) is 4.94. The van der Waals surface area contributed by atoms with Crippen molar-refractivity contribution in [2.75, 3.05) is 32.7 Å². The van der Waals surface area contributed by atoms with Crippen molar-refractivity contribution in [3.05, 3.63) is 30.1 Å². The smallest absolute Gasteiger partial charge is 0.225 e. The van der Waals surface area contributed by atoms with Crippen LogP contribution in [0, 0.1) is 5.92 Å². The summed E-state index contributed by atoms with van der Waals surface area (Å²) >= 11 is 0. The molecule has 3 rings (SSSR count). The quantitative estimate of drug-likeness (QED) is 0.905. The van der Waals surface area contributed by atoms with Gasteiger partial charge in [-0.1, -0.05) is 6.07 Å².